The van der Waals surface area contributed by atoms with Crippen LogP contribution in [0.25, 0.3) is 11.1 Å². The van der Waals surface area contributed by atoms with Gasteiger partial charge in [-0.2, -0.15) is 5.26 Å². The lowest BCUT2D eigenvalue weighted by atomic mass is 9.77. The Morgan fingerprint density at radius 1 is 1.18 bits per heavy atom. The number of carbonyl (C=O) groups excluding carboxylic acids is 1. The van der Waals surface area contributed by atoms with Crippen molar-refractivity contribution in [1.29, 1.82) is 5.26 Å². The molecule has 1 aliphatic heterocycles. The van der Waals surface area contributed by atoms with Crippen molar-refractivity contribution in [1.82, 2.24) is 9.88 Å². The highest BCUT2D eigenvalue weighted by Gasteiger charge is 2.49. The topological polar surface area (TPSA) is 95.4 Å². The van der Waals surface area contributed by atoms with E-state index in [-0.39, 0.29) is 17.3 Å². The van der Waals surface area contributed by atoms with E-state index in [0.717, 1.165) is 45.5 Å². The number of aliphatic imine (C=N–C) groups is 1. The van der Waals surface area contributed by atoms with E-state index in [4.69, 9.17) is 10.7 Å². The summed E-state index contributed by atoms with van der Waals surface area (Å²) in [6.45, 7) is 3.99. The van der Waals surface area contributed by atoms with E-state index >= 15 is 0 Å². The first-order valence-corrected chi connectivity index (χ1v) is 11.8. The van der Waals surface area contributed by atoms with Gasteiger partial charge in [0, 0.05) is 29.9 Å². The van der Waals surface area contributed by atoms with Crippen LogP contribution in [0.3, 0.4) is 0 Å². The number of hydrogen-bond acceptors (Lipinski definition) is 6. The summed E-state index contributed by atoms with van der Waals surface area (Å²) in [5.41, 5.74) is 10.0. The van der Waals surface area contributed by atoms with E-state index in [1.165, 1.54) is 4.90 Å². The second-order valence-electron chi connectivity index (χ2n) is 9.21. The van der Waals surface area contributed by atoms with Crippen molar-refractivity contribution in [3.8, 4) is 17.2 Å². The summed E-state index contributed by atoms with van der Waals surface area (Å²) in [6.07, 6.45) is 5.45. The standard InChI is InChI=1S/C26H25N5OS/c1-16-10-18(13-29-12-16)19-11-21(33-14-19)25(2)22(23(32)31(3)24(28)30-25)17-4-6-20(7-5-17)26(15-27)8-9-26/h4-7,10-14,22H,8-9H2,1-3H3,(H2,28,30)/t22-,25-/m1/s1. The Morgan fingerprint density at radius 2 is 1.91 bits per heavy atom. The first-order chi connectivity index (χ1) is 15.8. The fraction of sp³-hybridized carbons (Fsp3) is 0.308. The van der Waals surface area contributed by atoms with Gasteiger partial charge in [-0.05, 0) is 66.5 Å². The number of rotatable bonds is 4. The number of carbonyl (C=O) groups is 1. The van der Waals surface area contributed by atoms with Gasteiger partial charge in [-0.25, -0.2) is 4.99 Å². The minimum atomic E-state index is -0.845. The van der Waals surface area contributed by atoms with E-state index in [0.29, 0.717) is 0 Å². The highest BCUT2D eigenvalue weighted by atomic mass is 32.1. The van der Waals surface area contributed by atoms with Crippen LogP contribution in [0.15, 0.2) is 59.2 Å². The minimum Gasteiger partial charge on any atom is -0.369 e. The fourth-order valence-electron chi connectivity index (χ4n) is 4.64. The fourth-order valence-corrected chi connectivity index (χ4v) is 5.69. The number of thiophene rings is 1. The van der Waals surface area contributed by atoms with Crippen LogP contribution in [0.5, 0.6) is 0 Å². The summed E-state index contributed by atoms with van der Waals surface area (Å²) < 4.78 is 0. The predicted molar refractivity (Wildman–Crippen MR) is 130 cm³/mol. The number of benzene rings is 1. The third-order valence-corrected chi connectivity index (χ3v) is 8.05. The molecule has 2 aromatic heterocycles. The molecule has 6 nitrogen and oxygen atoms in total. The van der Waals surface area contributed by atoms with Gasteiger partial charge in [-0.3, -0.25) is 14.7 Å². The van der Waals surface area contributed by atoms with Gasteiger partial charge in [0.05, 0.1) is 17.4 Å². The highest BCUT2D eigenvalue weighted by Crippen LogP contribution is 2.50. The second kappa shape index (κ2) is 7.53. The molecule has 1 saturated carbocycles. The maximum atomic E-state index is 13.5. The van der Waals surface area contributed by atoms with Crippen molar-refractivity contribution in [3.05, 3.63) is 75.7 Å². The predicted octanol–water partition coefficient (Wildman–Crippen LogP) is 4.46. The van der Waals surface area contributed by atoms with Gasteiger partial charge in [0.1, 0.15) is 5.54 Å². The summed E-state index contributed by atoms with van der Waals surface area (Å²) in [5, 5.41) is 11.6. The molecular formula is C26H25N5OS. The van der Waals surface area contributed by atoms with Gasteiger partial charge >= 0.3 is 0 Å². The van der Waals surface area contributed by atoms with E-state index < -0.39 is 11.5 Å². The van der Waals surface area contributed by atoms with Gasteiger partial charge in [0.25, 0.3) is 0 Å². The number of guanidine groups is 1. The van der Waals surface area contributed by atoms with Gasteiger partial charge in [0.15, 0.2) is 5.96 Å². The van der Waals surface area contributed by atoms with Crippen molar-refractivity contribution in [2.75, 3.05) is 7.05 Å². The number of nitrogens with zero attached hydrogens (tertiary/aromatic N) is 4. The van der Waals surface area contributed by atoms with Crippen LogP contribution < -0.4 is 5.73 Å². The number of nitriles is 1. The molecule has 1 aliphatic carbocycles. The molecule has 1 fully saturated rings. The summed E-state index contributed by atoms with van der Waals surface area (Å²) in [4.78, 5) is 25.0. The number of aryl methyl sites for hydroxylation is 1. The smallest absolute Gasteiger partial charge is 0.239 e. The van der Waals surface area contributed by atoms with Crippen LogP contribution in [-0.4, -0.2) is 28.8 Å². The maximum absolute atomic E-state index is 13.5. The first kappa shape index (κ1) is 21.4. The zero-order valence-electron chi connectivity index (χ0n) is 18.9. The van der Waals surface area contributed by atoms with Crippen molar-refractivity contribution in [2.24, 2.45) is 10.7 Å². The molecule has 3 heterocycles. The van der Waals surface area contributed by atoms with Crippen LogP contribution in [0.4, 0.5) is 0 Å². The van der Waals surface area contributed by atoms with Crippen LogP contribution in [0.2, 0.25) is 0 Å². The zero-order valence-corrected chi connectivity index (χ0v) is 19.7. The molecule has 0 radical (unpaired) electrons. The van der Waals surface area contributed by atoms with Crippen molar-refractivity contribution < 1.29 is 4.79 Å². The van der Waals surface area contributed by atoms with Crippen molar-refractivity contribution in [2.45, 2.75) is 43.6 Å². The molecule has 166 valence electrons. The second-order valence-corrected chi connectivity index (χ2v) is 10.1. The lowest BCUT2D eigenvalue weighted by Gasteiger charge is -2.40. The van der Waals surface area contributed by atoms with Gasteiger partial charge in [-0.1, -0.05) is 24.3 Å². The molecule has 0 saturated heterocycles. The summed E-state index contributed by atoms with van der Waals surface area (Å²) >= 11 is 1.58. The molecule has 7 heteroatoms. The monoisotopic (exact) mass is 455 g/mol. The third kappa shape index (κ3) is 3.42. The number of likely N-dealkylation sites (N-methyl/N-ethyl adjacent to an activating group) is 1. The molecule has 2 aliphatic rings. The van der Waals surface area contributed by atoms with E-state index in [9.17, 15) is 10.1 Å². The molecule has 0 spiro atoms. The Labute approximate surface area is 197 Å². The number of aromatic nitrogens is 1. The molecule has 1 amide bonds. The first-order valence-electron chi connectivity index (χ1n) is 10.9. The molecular weight excluding hydrogens is 430 g/mol. The molecule has 2 atom stereocenters. The molecule has 3 aromatic rings. The van der Waals surface area contributed by atoms with Crippen molar-refractivity contribution in [3.63, 3.8) is 0 Å². The number of nitrogens with two attached hydrogens (primary N) is 1. The highest BCUT2D eigenvalue weighted by molar-refractivity contribution is 7.10. The van der Waals surface area contributed by atoms with Crippen LogP contribution in [0.1, 0.15) is 47.3 Å². The number of pyridine rings is 1. The minimum absolute atomic E-state index is 0.0914. The third-order valence-electron chi connectivity index (χ3n) is 6.90. The van der Waals surface area contributed by atoms with Crippen LogP contribution in [-0.2, 0) is 15.7 Å². The normalized spacial score (nSPS) is 23.7. The summed E-state index contributed by atoms with van der Waals surface area (Å²) in [5.74, 6) is -0.404. The van der Waals surface area contributed by atoms with Crippen LogP contribution >= 0.6 is 11.3 Å². The molecule has 1 aromatic carbocycles. The summed E-state index contributed by atoms with van der Waals surface area (Å²) in [7, 11) is 1.66. The molecule has 5 rings (SSSR count). The molecule has 33 heavy (non-hydrogen) atoms. The Morgan fingerprint density at radius 3 is 2.55 bits per heavy atom. The Hall–Kier alpha value is -3.50. The van der Waals surface area contributed by atoms with Gasteiger partial charge in [-0.15, -0.1) is 11.3 Å². The quantitative estimate of drug-likeness (QED) is 0.628. The van der Waals surface area contributed by atoms with Gasteiger partial charge in [0.2, 0.25) is 5.91 Å². The number of hydrogen-bond donors (Lipinski definition) is 1. The van der Waals surface area contributed by atoms with Crippen molar-refractivity contribution >= 4 is 23.2 Å². The average molecular weight is 456 g/mol. The SMILES string of the molecule is Cc1cncc(-c2csc([C@@]3(C)N=C(N)N(C)C(=O)[C@H]3c3ccc(C4(C#N)CC4)cc3)c2)c1. The molecule has 0 bridgehead atoms. The van der Waals surface area contributed by atoms with Gasteiger partial charge < -0.3 is 5.73 Å². The average Bonchev–Trinajstić information content (AvgIpc) is 3.44. The molecule has 0 unspecified atom stereocenters. The maximum Gasteiger partial charge on any atom is 0.239 e. The van der Waals surface area contributed by atoms with E-state index in [1.54, 1.807) is 18.4 Å². The lowest BCUT2D eigenvalue weighted by molar-refractivity contribution is -0.130. The Bertz CT molecular complexity index is 1310. The Kier molecular flexibility index (Phi) is 4.87. The lowest BCUT2D eigenvalue weighted by Crippen LogP contribution is -2.52. The zero-order chi connectivity index (χ0) is 23.4. The van der Waals surface area contributed by atoms with E-state index in [1.807, 2.05) is 50.5 Å². The largest absolute Gasteiger partial charge is 0.369 e. The summed E-state index contributed by atoms with van der Waals surface area (Å²) in [6, 6.07) is 14.5. The van der Waals surface area contributed by atoms with E-state index in [2.05, 4.69) is 28.6 Å². The Balaban J connectivity index is 1.58. The molecule has 2 N–H and O–H groups in total. The van der Waals surface area contributed by atoms with Crippen LogP contribution in [0, 0.1) is 18.3 Å². The number of amides is 1.